The normalized spacial score (nSPS) is 13.5. The van der Waals surface area contributed by atoms with Crippen LogP contribution < -0.4 is 0 Å². The molecule has 162 valence electrons. The number of hydrogen-bond acceptors (Lipinski definition) is 6. The number of ether oxygens (including phenoxy) is 2. The number of carboxylic acids is 1. The fourth-order valence-corrected chi connectivity index (χ4v) is 2.91. The first-order chi connectivity index (χ1) is 14.0. The molecule has 0 radical (unpaired) electrons. The molecule has 1 aromatic heterocycles. The third-order valence-electron chi connectivity index (χ3n) is 4.05. The standard InChI is InChI=1S/C20H19F2IO7/c1-11(2)17(20(21,22)19(26)27)30-16(24)10-15(14-4-3-9-28-14)29-18(25)12-5-7-13(23)8-6-12/h3-9,11,15,17H,10H2,1-2H3,(H,26,27). The number of benzene rings is 1. The molecule has 2 unspecified atom stereocenters. The first-order valence-electron chi connectivity index (χ1n) is 8.83. The minimum atomic E-state index is -4.28. The van der Waals surface area contributed by atoms with Crippen LogP contribution in [0, 0.1) is 9.49 Å². The summed E-state index contributed by atoms with van der Waals surface area (Å²) in [6.45, 7) is 2.60. The van der Waals surface area contributed by atoms with Gasteiger partial charge in [0.1, 0.15) is 5.76 Å². The number of rotatable bonds is 9. The Hall–Kier alpha value is -2.50. The Kier molecular flexibility index (Phi) is 7.93. The minimum Gasteiger partial charge on any atom is -0.477 e. The molecule has 0 saturated carbocycles. The van der Waals surface area contributed by atoms with Gasteiger partial charge in [0.25, 0.3) is 0 Å². The largest absolute Gasteiger partial charge is 0.477 e. The van der Waals surface area contributed by atoms with Gasteiger partial charge in [0.15, 0.2) is 12.2 Å². The summed E-state index contributed by atoms with van der Waals surface area (Å²) >= 11 is 2.07. The Morgan fingerprint density at radius 2 is 1.77 bits per heavy atom. The molecule has 1 aromatic carbocycles. The van der Waals surface area contributed by atoms with Gasteiger partial charge in [-0.3, -0.25) is 4.79 Å². The van der Waals surface area contributed by atoms with E-state index in [9.17, 15) is 23.2 Å². The molecule has 1 N–H and O–H groups in total. The molecule has 0 aliphatic rings. The quantitative estimate of drug-likeness (QED) is 0.373. The maximum absolute atomic E-state index is 13.9. The summed E-state index contributed by atoms with van der Waals surface area (Å²) in [5, 5.41) is 8.74. The van der Waals surface area contributed by atoms with Gasteiger partial charge >= 0.3 is 23.8 Å². The van der Waals surface area contributed by atoms with Gasteiger partial charge in [-0.15, -0.1) is 0 Å². The average molecular weight is 536 g/mol. The van der Waals surface area contributed by atoms with E-state index < -0.39 is 48.4 Å². The number of aliphatic carboxylic acids is 1. The SMILES string of the molecule is CC(C)C(OC(=O)CC(OC(=O)c1ccc(I)cc1)c1ccco1)C(F)(F)C(=O)O. The number of furan rings is 1. The molecule has 0 fully saturated rings. The van der Waals surface area contributed by atoms with Crippen molar-refractivity contribution in [2.45, 2.75) is 38.4 Å². The maximum Gasteiger partial charge on any atom is 0.378 e. The number of halogens is 3. The van der Waals surface area contributed by atoms with Gasteiger partial charge in [-0.25, -0.2) is 9.59 Å². The van der Waals surface area contributed by atoms with Crippen molar-refractivity contribution in [2.24, 2.45) is 5.92 Å². The summed E-state index contributed by atoms with van der Waals surface area (Å²) in [5.74, 6) is -9.46. The molecule has 0 bridgehead atoms. The summed E-state index contributed by atoms with van der Waals surface area (Å²) in [6, 6.07) is 9.39. The molecule has 0 amide bonds. The lowest BCUT2D eigenvalue weighted by Gasteiger charge is -2.27. The van der Waals surface area contributed by atoms with Crippen molar-refractivity contribution in [3.63, 3.8) is 0 Å². The van der Waals surface area contributed by atoms with Gasteiger partial charge in [0.2, 0.25) is 0 Å². The van der Waals surface area contributed by atoms with Crippen LogP contribution in [-0.2, 0) is 19.1 Å². The van der Waals surface area contributed by atoms with Crippen molar-refractivity contribution in [3.05, 3.63) is 57.6 Å². The van der Waals surface area contributed by atoms with Gasteiger partial charge in [0, 0.05) is 3.57 Å². The monoisotopic (exact) mass is 536 g/mol. The molecule has 0 saturated heterocycles. The highest BCUT2D eigenvalue weighted by Crippen LogP contribution is 2.30. The minimum absolute atomic E-state index is 0.108. The number of carbonyl (C=O) groups excluding carboxylic acids is 2. The highest BCUT2D eigenvalue weighted by atomic mass is 127. The number of carbonyl (C=O) groups is 3. The Morgan fingerprint density at radius 1 is 1.13 bits per heavy atom. The molecule has 2 rings (SSSR count). The number of esters is 2. The zero-order valence-electron chi connectivity index (χ0n) is 16.0. The topological polar surface area (TPSA) is 103 Å². The summed E-state index contributed by atoms with van der Waals surface area (Å²) in [6.07, 6.45) is -2.78. The lowest BCUT2D eigenvalue weighted by atomic mass is 10.0. The van der Waals surface area contributed by atoms with E-state index in [0.29, 0.717) is 0 Å². The van der Waals surface area contributed by atoms with Crippen LogP contribution in [0.4, 0.5) is 8.78 Å². The van der Waals surface area contributed by atoms with E-state index in [2.05, 4.69) is 22.6 Å². The molecule has 2 atom stereocenters. The number of hydrogen-bond donors (Lipinski definition) is 1. The van der Waals surface area contributed by atoms with Crippen molar-refractivity contribution in [3.8, 4) is 0 Å². The summed E-state index contributed by atoms with van der Waals surface area (Å²) in [7, 11) is 0. The number of carboxylic acid groups (broad SMARTS) is 1. The smallest absolute Gasteiger partial charge is 0.378 e. The number of alkyl halides is 2. The van der Waals surface area contributed by atoms with Crippen molar-refractivity contribution < 1.29 is 42.2 Å². The second-order valence-corrected chi connectivity index (χ2v) is 7.95. The second-order valence-electron chi connectivity index (χ2n) is 6.70. The molecule has 1 heterocycles. The third kappa shape index (κ3) is 6.00. The summed E-state index contributed by atoms with van der Waals surface area (Å²) < 4.78 is 44.0. The van der Waals surface area contributed by atoms with Crippen molar-refractivity contribution in [1.29, 1.82) is 0 Å². The second kappa shape index (κ2) is 10.0. The molecule has 10 heteroatoms. The van der Waals surface area contributed by atoms with Crippen LogP contribution in [0.2, 0.25) is 0 Å². The maximum atomic E-state index is 13.9. The van der Waals surface area contributed by atoms with E-state index in [1.54, 1.807) is 12.1 Å². The first kappa shape index (κ1) is 23.8. The van der Waals surface area contributed by atoms with E-state index >= 15 is 0 Å². The van der Waals surface area contributed by atoms with Crippen LogP contribution in [0.25, 0.3) is 0 Å². The summed E-state index contributed by atoms with van der Waals surface area (Å²) in [5.41, 5.74) is 0.220. The lowest BCUT2D eigenvalue weighted by Crippen LogP contribution is -2.47. The Morgan fingerprint density at radius 3 is 2.27 bits per heavy atom. The highest BCUT2D eigenvalue weighted by molar-refractivity contribution is 14.1. The van der Waals surface area contributed by atoms with E-state index in [-0.39, 0.29) is 11.3 Å². The third-order valence-corrected chi connectivity index (χ3v) is 4.77. The molecule has 7 nitrogen and oxygen atoms in total. The molecular formula is C20H19F2IO7. The van der Waals surface area contributed by atoms with Crippen LogP contribution in [0.1, 0.15) is 42.5 Å². The predicted octanol–water partition coefficient (Wildman–Crippen LogP) is 4.46. The van der Waals surface area contributed by atoms with E-state index in [1.807, 2.05) is 0 Å². The zero-order valence-corrected chi connectivity index (χ0v) is 18.2. The Balaban J connectivity index is 2.16. The van der Waals surface area contributed by atoms with Gasteiger partial charge in [0.05, 0.1) is 18.2 Å². The Bertz CT molecular complexity index is 879. The van der Waals surface area contributed by atoms with Crippen molar-refractivity contribution in [2.75, 3.05) is 0 Å². The van der Waals surface area contributed by atoms with Crippen LogP contribution in [-0.4, -0.2) is 35.0 Å². The zero-order chi connectivity index (χ0) is 22.5. The molecule has 0 spiro atoms. The van der Waals surface area contributed by atoms with Crippen LogP contribution in [0.15, 0.2) is 47.1 Å². The van der Waals surface area contributed by atoms with Crippen LogP contribution in [0.3, 0.4) is 0 Å². The Labute approximate surface area is 184 Å². The lowest BCUT2D eigenvalue weighted by molar-refractivity contribution is -0.200. The van der Waals surface area contributed by atoms with Crippen molar-refractivity contribution >= 4 is 40.5 Å². The molecular weight excluding hydrogens is 517 g/mol. The average Bonchev–Trinajstić information content (AvgIpc) is 3.20. The van der Waals surface area contributed by atoms with Gasteiger partial charge in [-0.2, -0.15) is 8.78 Å². The van der Waals surface area contributed by atoms with Gasteiger partial charge in [-0.05, 0) is 64.9 Å². The fourth-order valence-electron chi connectivity index (χ4n) is 2.55. The van der Waals surface area contributed by atoms with Gasteiger partial charge < -0.3 is 19.0 Å². The first-order valence-corrected chi connectivity index (χ1v) is 9.91. The van der Waals surface area contributed by atoms with E-state index in [0.717, 1.165) is 3.57 Å². The van der Waals surface area contributed by atoms with Gasteiger partial charge in [-0.1, -0.05) is 13.8 Å². The molecule has 2 aromatic rings. The molecule has 0 aliphatic heterocycles. The van der Waals surface area contributed by atoms with Crippen molar-refractivity contribution in [1.82, 2.24) is 0 Å². The molecule has 30 heavy (non-hydrogen) atoms. The fraction of sp³-hybridized carbons (Fsp3) is 0.350. The molecule has 0 aliphatic carbocycles. The summed E-state index contributed by atoms with van der Waals surface area (Å²) in [4.78, 5) is 35.6. The predicted molar refractivity (Wildman–Crippen MR) is 108 cm³/mol. The highest BCUT2D eigenvalue weighted by Gasteiger charge is 2.51. The van der Waals surface area contributed by atoms with E-state index in [4.69, 9.17) is 19.0 Å². The van der Waals surface area contributed by atoms with Crippen LogP contribution in [0.5, 0.6) is 0 Å². The van der Waals surface area contributed by atoms with Crippen LogP contribution >= 0.6 is 22.6 Å². The van der Waals surface area contributed by atoms with E-state index in [1.165, 1.54) is 44.4 Å².